The third-order valence-electron chi connectivity index (χ3n) is 8.28. The number of rotatable bonds is 19. The van der Waals surface area contributed by atoms with Crippen LogP contribution in [0.3, 0.4) is 0 Å². The van der Waals surface area contributed by atoms with E-state index in [9.17, 15) is 0 Å². The van der Waals surface area contributed by atoms with Gasteiger partial charge in [0.25, 0.3) is 0 Å². The van der Waals surface area contributed by atoms with Gasteiger partial charge in [-0.1, -0.05) is 190 Å². The number of allylic oxidation sites excluding steroid dienone is 4. The van der Waals surface area contributed by atoms with E-state index in [4.69, 9.17) is 0 Å². The van der Waals surface area contributed by atoms with E-state index in [1.165, 1.54) is 109 Å². The fourth-order valence-electron chi connectivity index (χ4n) is 6.01. The maximum atomic E-state index is 2.64. The Kier molecular flexibility index (Phi) is 14.3. The number of unbranched alkanes of at least 4 members (excludes halogenated alkanes) is 15. The molecule has 1 unspecified atom stereocenters. The average molecular weight is 495 g/mol. The van der Waals surface area contributed by atoms with E-state index in [0.29, 0.717) is 0 Å². The summed E-state index contributed by atoms with van der Waals surface area (Å²) in [6, 6.07) is 12.9. The van der Waals surface area contributed by atoms with Crippen LogP contribution in [-0.4, -0.2) is 8.07 Å². The molecule has 0 heterocycles. The highest BCUT2D eigenvalue weighted by Crippen LogP contribution is 2.41. The van der Waals surface area contributed by atoms with Crippen molar-refractivity contribution in [3.63, 3.8) is 0 Å². The van der Waals surface area contributed by atoms with E-state index in [2.05, 4.69) is 76.7 Å². The van der Waals surface area contributed by atoms with Crippen molar-refractivity contribution in [3.05, 3.63) is 53.3 Å². The molecule has 198 valence electrons. The third kappa shape index (κ3) is 10.8. The molecule has 0 radical (unpaired) electrons. The van der Waals surface area contributed by atoms with Crippen LogP contribution in [0.5, 0.6) is 0 Å². The lowest BCUT2D eigenvalue weighted by Crippen LogP contribution is -2.48. The monoisotopic (exact) mass is 494 g/mol. The molecule has 0 fully saturated rings. The number of hydrogen-bond acceptors (Lipinski definition) is 0. The van der Waals surface area contributed by atoms with E-state index >= 15 is 0 Å². The first-order valence-electron chi connectivity index (χ1n) is 15.4. The van der Waals surface area contributed by atoms with Gasteiger partial charge < -0.3 is 0 Å². The van der Waals surface area contributed by atoms with Crippen molar-refractivity contribution in [2.24, 2.45) is 5.41 Å². The summed E-state index contributed by atoms with van der Waals surface area (Å²) in [5, 5.41) is 3.36. The van der Waals surface area contributed by atoms with Crippen LogP contribution in [0.15, 0.2) is 53.3 Å². The second kappa shape index (κ2) is 16.6. The van der Waals surface area contributed by atoms with Gasteiger partial charge in [-0.3, -0.25) is 0 Å². The number of benzene rings is 1. The topological polar surface area (TPSA) is 0 Å². The maximum absolute atomic E-state index is 2.64. The molecule has 0 saturated heterocycles. The molecule has 1 atom stereocenters. The van der Waals surface area contributed by atoms with Gasteiger partial charge >= 0.3 is 0 Å². The molecular formula is C34H58Si. The van der Waals surface area contributed by atoms with Crippen LogP contribution < -0.4 is 5.19 Å². The van der Waals surface area contributed by atoms with Crippen molar-refractivity contribution >= 4 is 13.3 Å². The van der Waals surface area contributed by atoms with Gasteiger partial charge in [0.05, 0.1) is 0 Å². The lowest BCUT2D eigenvalue weighted by molar-refractivity contribution is 0.514. The summed E-state index contributed by atoms with van der Waals surface area (Å²) in [6.45, 7) is 12.1. The lowest BCUT2D eigenvalue weighted by atomic mass is 9.87. The summed E-state index contributed by atoms with van der Waals surface area (Å²) in [5.74, 6) is 0. The van der Waals surface area contributed by atoms with E-state index in [-0.39, 0.29) is 5.41 Å². The fraction of sp³-hybridized carbons (Fsp3) is 0.706. The molecule has 0 spiro atoms. The Bertz CT molecular complexity index is 736. The zero-order chi connectivity index (χ0) is 25.4. The van der Waals surface area contributed by atoms with Crippen LogP contribution in [0.25, 0.3) is 0 Å². The molecule has 2 rings (SSSR count). The molecule has 1 aromatic rings. The first-order valence-corrected chi connectivity index (χ1v) is 18.1. The molecule has 0 aromatic heterocycles. The highest BCUT2D eigenvalue weighted by Gasteiger charge is 2.38. The first kappa shape index (κ1) is 30.1. The van der Waals surface area contributed by atoms with Crippen molar-refractivity contribution in [1.82, 2.24) is 0 Å². The van der Waals surface area contributed by atoms with Gasteiger partial charge in [-0.2, -0.15) is 0 Å². The standard InChI is InChI=1S/C34H58Si/c1-6-7-8-9-10-11-12-13-14-15-16-17-18-19-20-24-30-35(5,31-26-22-21-23-27-31)33-29-25-28-32(33)34(2,3)4/h21-23,26-29H,6-20,24-25,30H2,1-5H3. The highest BCUT2D eigenvalue weighted by molar-refractivity contribution is 6.97. The van der Waals surface area contributed by atoms with Gasteiger partial charge in [0.15, 0.2) is 0 Å². The van der Waals surface area contributed by atoms with Crippen molar-refractivity contribution in [2.75, 3.05) is 0 Å². The van der Waals surface area contributed by atoms with Crippen LogP contribution in [0.4, 0.5) is 0 Å². The molecule has 0 saturated carbocycles. The molecule has 0 N–H and O–H groups in total. The van der Waals surface area contributed by atoms with Gasteiger partial charge in [-0.25, -0.2) is 0 Å². The molecule has 35 heavy (non-hydrogen) atoms. The molecule has 1 aliphatic rings. The summed E-state index contributed by atoms with van der Waals surface area (Å²) < 4.78 is 0. The SMILES string of the molecule is CCCCCCCCCCCCCCCCCC[Si](C)(C1=CCC=C1C(C)(C)C)c1ccccc1. The zero-order valence-electron chi connectivity index (χ0n) is 24.3. The van der Waals surface area contributed by atoms with Gasteiger partial charge in [0.1, 0.15) is 8.07 Å². The number of hydrogen-bond donors (Lipinski definition) is 0. The predicted molar refractivity (Wildman–Crippen MR) is 162 cm³/mol. The summed E-state index contributed by atoms with van der Waals surface area (Å²) in [7, 11) is -1.68. The van der Waals surface area contributed by atoms with Crippen molar-refractivity contribution < 1.29 is 0 Å². The highest BCUT2D eigenvalue weighted by atomic mass is 28.3. The summed E-state index contributed by atoms with van der Waals surface area (Å²) >= 11 is 0. The Labute approximate surface area is 221 Å². The van der Waals surface area contributed by atoms with E-state index in [1.54, 1.807) is 16.0 Å². The van der Waals surface area contributed by atoms with Crippen LogP contribution >= 0.6 is 0 Å². The maximum Gasteiger partial charge on any atom is 0.115 e. The molecule has 1 aliphatic carbocycles. The van der Waals surface area contributed by atoms with Crippen LogP contribution in [-0.2, 0) is 0 Å². The van der Waals surface area contributed by atoms with Gasteiger partial charge in [0.2, 0.25) is 0 Å². The van der Waals surface area contributed by atoms with Crippen LogP contribution in [0.1, 0.15) is 137 Å². The molecule has 0 aliphatic heterocycles. The molecular weight excluding hydrogens is 436 g/mol. The molecule has 0 amide bonds. The van der Waals surface area contributed by atoms with Crippen molar-refractivity contribution in [2.45, 2.75) is 149 Å². The molecule has 0 bridgehead atoms. The predicted octanol–water partition coefficient (Wildman–Crippen LogP) is 11.1. The van der Waals surface area contributed by atoms with E-state index < -0.39 is 8.07 Å². The van der Waals surface area contributed by atoms with Crippen molar-refractivity contribution in [1.29, 1.82) is 0 Å². The van der Waals surface area contributed by atoms with Crippen molar-refractivity contribution in [3.8, 4) is 0 Å². The van der Waals surface area contributed by atoms with Crippen LogP contribution in [0, 0.1) is 5.41 Å². The Morgan fingerprint density at radius 2 is 1.09 bits per heavy atom. The van der Waals surface area contributed by atoms with Gasteiger partial charge in [0, 0.05) is 0 Å². The summed E-state index contributed by atoms with van der Waals surface area (Å²) in [4.78, 5) is 0. The quantitative estimate of drug-likeness (QED) is 0.132. The third-order valence-corrected chi connectivity index (χ3v) is 12.9. The Hall–Kier alpha value is -1.08. The average Bonchev–Trinajstić information content (AvgIpc) is 3.36. The minimum atomic E-state index is -1.68. The van der Waals surface area contributed by atoms with E-state index in [1.807, 2.05) is 0 Å². The normalized spacial score (nSPS) is 15.7. The smallest absolute Gasteiger partial charge is 0.0808 e. The summed E-state index contributed by atoms with van der Waals surface area (Å²) in [6.07, 6.45) is 29.3. The second-order valence-electron chi connectivity index (χ2n) is 12.5. The molecule has 1 aromatic carbocycles. The largest absolute Gasteiger partial charge is 0.115 e. The first-order chi connectivity index (χ1) is 16.9. The molecule has 1 heteroatoms. The second-order valence-corrected chi connectivity index (χ2v) is 16.8. The fourth-order valence-corrected chi connectivity index (χ4v) is 10.4. The van der Waals surface area contributed by atoms with Crippen LogP contribution in [0.2, 0.25) is 12.6 Å². The minimum absolute atomic E-state index is 0.250. The Morgan fingerprint density at radius 3 is 1.54 bits per heavy atom. The zero-order valence-corrected chi connectivity index (χ0v) is 25.3. The Balaban J connectivity index is 1.63. The Morgan fingerprint density at radius 1 is 0.629 bits per heavy atom. The lowest BCUT2D eigenvalue weighted by Gasteiger charge is -2.36. The minimum Gasteiger partial charge on any atom is -0.0808 e. The van der Waals surface area contributed by atoms with Gasteiger partial charge in [-0.05, 0) is 23.5 Å². The molecule has 0 nitrogen and oxygen atoms in total. The van der Waals surface area contributed by atoms with E-state index in [0.717, 1.165) is 6.42 Å². The van der Waals surface area contributed by atoms with Gasteiger partial charge in [-0.15, -0.1) is 0 Å². The summed E-state index contributed by atoms with van der Waals surface area (Å²) in [5.41, 5.74) is 1.88.